The third-order valence-electron chi connectivity index (χ3n) is 2.05. The number of aromatic hydroxyl groups is 2. The topological polar surface area (TPSA) is 62.6 Å². The van der Waals surface area contributed by atoms with E-state index in [0.717, 1.165) is 12.1 Å². The Balaban J connectivity index is 2.81. The fourth-order valence-electron chi connectivity index (χ4n) is 1.35. The van der Waals surface area contributed by atoms with Crippen LogP contribution >= 0.6 is 0 Å². The van der Waals surface area contributed by atoms with Crippen molar-refractivity contribution in [1.82, 2.24) is 4.98 Å². The number of pyridine rings is 1. The Morgan fingerprint density at radius 2 is 2.00 bits per heavy atom. The fourth-order valence-corrected chi connectivity index (χ4v) is 1.35. The number of rotatable bonds is 1. The van der Waals surface area contributed by atoms with E-state index in [1.807, 2.05) is 0 Å². The first kappa shape index (κ1) is 9.51. The van der Waals surface area contributed by atoms with Crippen molar-refractivity contribution in [2.24, 2.45) is 0 Å². The Morgan fingerprint density at radius 3 is 2.67 bits per heavy atom. The Morgan fingerprint density at radius 1 is 1.27 bits per heavy atom. The minimum absolute atomic E-state index is 0.0139. The summed E-state index contributed by atoms with van der Waals surface area (Å²) >= 11 is 0. The fraction of sp³-hybridized carbons (Fsp3) is 0.100. The summed E-state index contributed by atoms with van der Waals surface area (Å²) in [6.45, 7) is 0. The van der Waals surface area contributed by atoms with Crippen LogP contribution in [-0.4, -0.2) is 22.3 Å². The molecule has 0 bridgehead atoms. The molecular formula is C10H8FNO3. The molecule has 0 unspecified atom stereocenters. The van der Waals surface area contributed by atoms with E-state index in [4.69, 9.17) is 9.84 Å². The van der Waals surface area contributed by atoms with Crippen LogP contribution in [0.4, 0.5) is 4.39 Å². The van der Waals surface area contributed by atoms with Gasteiger partial charge in [-0.05, 0) is 6.07 Å². The lowest BCUT2D eigenvalue weighted by Gasteiger charge is -2.05. The number of methoxy groups -OCH3 is 1. The zero-order valence-electron chi connectivity index (χ0n) is 7.86. The van der Waals surface area contributed by atoms with Gasteiger partial charge in [0.15, 0.2) is 11.6 Å². The van der Waals surface area contributed by atoms with Gasteiger partial charge in [-0.2, -0.15) is 0 Å². The second-order valence-electron chi connectivity index (χ2n) is 3.00. The van der Waals surface area contributed by atoms with E-state index in [0.29, 0.717) is 0 Å². The highest BCUT2D eigenvalue weighted by atomic mass is 19.1. The molecule has 0 amide bonds. The van der Waals surface area contributed by atoms with E-state index in [1.165, 1.54) is 13.2 Å². The average Bonchev–Trinajstić information content (AvgIpc) is 2.18. The summed E-state index contributed by atoms with van der Waals surface area (Å²) in [5.74, 6) is -1.12. The van der Waals surface area contributed by atoms with Crippen LogP contribution in [0.5, 0.6) is 17.4 Å². The van der Waals surface area contributed by atoms with Gasteiger partial charge in [0.25, 0.3) is 0 Å². The van der Waals surface area contributed by atoms with E-state index in [-0.39, 0.29) is 28.3 Å². The first-order chi connectivity index (χ1) is 7.11. The van der Waals surface area contributed by atoms with E-state index < -0.39 is 5.82 Å². The lowest BCUT2D eigenvalue weighted by atomic mass is 10.2. The summed E-state index contributed by atoms with van der Waals surface area (Å²) in [5.41, 5.74) is 0.269. The molecule has 1 heterocycles. The highest BCUT2D eigenvalue weighted by molar-refractivity contribution is 5.86. The summed E-state index contributed by atoms with van der Waals surface area (Å²) in [5, 5.41) is 18.8. The number of aromatic nitrogens is 1. The number of hydrogen-bond donors (Lipinski definition) is 2. The molecule has 15 heavy (non-hydrogen) atoms. The van der Waals surface area contributed by atoms with E-state index >= 15 is 0 Å². The summed E-state index contributed by atoms with van der Waals surface area (Å²) in [4.78, 5) is 3.74. The van der Waals surface area contributed by atoms with Gasteiger partial charge in [-0.1, -0.05) is 0 Å². The molecule has 2 N–H and O–H groups in total. The van der Waals surface area contributed by atoms with Crippen LogP contribution < -0.4 is 4.74 Å². The van der Waals surface area contributed by atoms with Crippen molar-refractivity contribution in [1.29, 1.82) is 0 Å². The Labute approximate surface area is 84.6 Å². The zero-order valence-corrected chi connectivity index (χ0v) is 7.86. The van der Waals surface area contributed by atoms with Crippen molar-refractivity contribution < 1.29 is 19.3 Å². The van der Waals surface area contributed by atoms with E-state index in [9.17, 15) is 9.50 Å². The zero-order chi connectivity index (χ0) is 11.0. The number of fused-ring (bicyclic) bond motifs is 1. The average molecular weight is 209 g/mol. The van der Waals surface area contributed by atoms with Crippen LogP contribution in [0, 0.1) is 5.82 Å². The molecule has 0 atom stereocenters. The molecule has 0 aliphatic rings. The van der Waals surface area contributed by atoms with Gasteiger partial charge in [0.2, 0.25) is 5.88 Å². The summed E-state index contributed by atoms with van der Waals surface area (Å²) < 4.78 is 18.0. The summed E-state index contributed by atoms with van der Waals surface area (Å²) in [6.07, 6.45) is 0. The van der Waals surface area contributed by atoms with Gasteiger partial charge in [-0.25, -0.2) is 9.37 Å². The van der Waals surface area contributed by atoms with Gasteiger partial charge in [0.05, 0.1) is 12.6 Å². The van der Waals surface area contributed by atoms with Crippen molar-refractivity contribution in [2.45, 2.75) is 0 Å². The summed E-state index contributed by atoms with van der Waals surface area (Å²) in [7, 11) is 1.33. The van der Waals surface area contributed by atoms with Crippen molar-refractivity contribution in [3.63, 3.8) is 0 Å². The largest absolute Gasteiger partial charge is 0.507 e. The minimum atomic E-state index is -0.590. The molecule has 0 aliphatic carbocycles. The molecule has 0 spiro atoms. The van der Waals surface area contributed by atoms with Crippen LogP contribution in [0.15, 0.2) is 18.2 Å². The standard InChI is InChI=1S/C10H8FNO3/c1-15-9-3-7-5(2-6(9)11)8(13)4-10(14)12-7/h2-4H,1H3,(H2,12,13,14). The molecular weight excluding hydrogens is 201 g/mol. The minimum Gasteiger partial charge on any atom is -0.507 e. The molecule has 1 aromatic carbocycles. The number of hydrogen-bond acceptors (Lipinski definition) is 4. The van der Waals surface area contributed by atoms with Crippen LogP contribution in [0.3, 0.4) is 0 Å². The Hall–Kier alpha value is -2.04. The monoisotopic (exact) mass is 209 g/mol. The normalized spacial score (nSPS) is 10.5. The van der Waals surface area contributed by atoms with Gasteiger partial charge in [0, 0.05) is 17.5 Å². The molecule has 2 rings (SSSR count). The molecule has 2 aromatic rings. The molecule has 0 fully saturated rings. The molecule has 1 aromatic heterocycles. The van der Waals surface area contributed by atoms with Crippen molar-refractivity contribution in [3.8, 4) is 17.4 Å². The highest BCUT2D eigenvalue weighted by Gasteiger charge is 2.10. The van der Waals surface area contributed by atoms with Crippen molar-refractivity contribution in [2.75, 3.05) is 7.11 Å². The highest BCUT2D eigenvalue weighted by Crippen LogP contribution is 2.31. The predicted octanol–water partition coefficient (Wildman–Crippen LogP) is 1.79. The van der Waals surface area contributed by atoms with Crippen molar-refractivity contribution in [3.05, 3.63) is 24.0 Å². The first-order valence-corrected chi connectivity index (χ1v) is 4.18. The lowest BCUT2D eigenvalue weighted by molar-refractivity contribution is 0.387. The first-order valence-electron chi connectivity index (χ1n) is 4.18. The van der Waals surface area contributed by atoms with Gasteiger partial charge in [-0.3, -0.25) is 0 Å². The molecule has 0 saturated carbocycles. The second kappa shape index (κ2) is 3.27. The Bertz CT molecular complexity index is 528. The SMILES string of the molecule is COc1cc2nc(O)cc(O)c2cc1F. The molecule has 4 nitrogen and oxygen atoms in total. The summed E-state index contributed by atoms with van der Waals surface area (Å²) in [6, 6.07) is 3.47. The number of ether oxygens (including phenoxy) is 1. The predicted molar refractivity (Wildman–Crippen MR) is 51.6 cm³/mol. The van der Waals surface area contributed by atoms with Gasteiger partial charge in [0.1, 0.15) is 5.75 Å². The van der Waals surface area contributed by atoms with Gasteiger partial charge < -0.3 is 14.9 Å². The Kier molecular flexibility index (Phi) is 2.07. The third-order valence-corrected chi connectivity index (χ3v) is 2.05. The van der Waals surface area contributed by atoms with Gasteiger partial charge in [-0.15, -0.1) is 0 Å². The maximum Gasteiger partial charge on any atom is 0.215 e. The molecule has 5 heteroatoms. The molecule has 0 saturated heterocycles. The molecule has 78 valence electrons. The number of nitrogens with zero attached hydrogens (tertiary/aromatic N) is 1. The van der Waals surface area contributed by atoms with Crippen molar-refractivity contribution >= 4 is 10.9 Å². The molecule has 0 aliphatic heterocycles. The van der Waals surface area contributed by atoms with Crippen LogP contribution in [0.25, 0.3) is 10.9 Å². The van der Waals surface area contributed by atoms with Gasteiger partial charge >= 0.3 is 0 Å². The number of halogens is 1. The van der Waals surface area contributed by atoms with E-state index in [1.54, 1.807) is 0 Å². The number of benzene rings is 1. The lowest BCUT2D eigenvalue weighted by Crippen LogP contribution is -1.90. The van der Waals surface area contributed by atoms with Crippen LogP contribution in [0.1, 0.15) is 0 Å². The third kappa shape index (κ3) is 1.52. The van der Waals surface area contributed by atoms with Crippen LogP contribution in [-0.2, 0) is 0 Å². The quantitative estimate of drug-likeness (QED) is 0.751. The second-order valence-corrected chi connectivity index (χ2v) is 3.00. The van der Waals surface area contributed by atoms with E-state index in [2.05, 4.69) is 4.98 Å². The van der Waals surface area contributed by atoms with Crippen LogP contribution in [0.2, 0.25) is 0 Å². The molecule has 0 radical (unpaired) electrons. The maximum absolute atomic E-state index is 13.3. The smallest absolute Gasteiger partial charge is 0.215 e. The maximum atomic E-state index is 13.3.